The van der Waals surface area contributed by atoms with Crippen LogP contribution in [0.5, 0.6) is 0 Å². The number of Topliss-reactive ketones (excluding diaryl/α,β-unsaturated/α-hetero) is 1. The molecule has 0 saturated heterocycles. The summed E-state index contributed by atoms with van der Waals surface area (Å²) in [4.78, 5) is 12.8. The van der Waals surface area contributed by atoms with Crippen molar-refractivity contribution in [3.8, 4) is 0 Å². The molecule has 3 rings (SSSR count). The van der Waals surface area contributed by atoms with Crippen LogP contribution in [-0.2, 0) is 9.84 Å². The first-order valence-electron chi connectivity index (χ1n) is 6.80. The van der Waals surface area contributed by atoms with Gasteiger partial charge in [0.2, 0.25) is 0 Å². The highest BCUT2D eigenvalue weighted by Gasteiger charge is 2.28. The van der Waals surface area contributed by atoms with Crippen LogP contribution in [0.25, 0.3) is 6.08 Å². The summed E-state index contributed by atoms with van der Waals surface area (Å²) in [6.45, 7) is 0. The molecule has 22 heavy (non-hydrogen) atoms. The van der Waals surface area contributed by atoms with Gasteiger partial charge in [-0.3, -0.25) is 4.79 Å². The fourth-order valence-electron chi connectivity index (χ4n) is 2.46. The summed E-state index contributed by atoms with van der Waals surface area (Å²) < 4.78 is 25.5. The maximum absolute atomic E-state index is 12.7. The van der Waals surface area contributed by atoms with Gasteiger partial charge in [-0.2, -0.15) is 0 Å². The average molecular weight is 377 g/mol. The Bertz CT molecular complexity index is 865. The number of carbonyl (C=O) groups is 1. The smallest absolute Gasteiger partial charge is 0.190 e. The maximum atomic E-state index is 12.7. The lowest BCUT2D eigenvalue weighted by Gasteiger charge is -2.04. The van der Waals surface area contributed by atoms with Gasteiger partial charge >= 0.3 is 0 Å². The number of carbonyl (C=O) groups excluding carboxylic acids is 1. The number of fused-ring (bicyclic) bond motifs is 1. The molecule has 0 N–H and O–H groups in total. The summed E-state index contributed by atoms with van der Waals surface area (Å²) in [6.07, 6.45) is 2.00. The van der Waals surface area contributed by atoms with E-state index in [2.05, 4.69) is 15.9 Å². The van der Waals surface area contributed by atoms with E-state index in [9.17, 15) is 13.2 Å². The molecule has 0 aromatic heterocycles. The normalized spacial score (nSPS) is 18.8. The van der Waals surface area contributed by atoms with Gasteiger partial charge < -0.3 is 0 Å². The number of sulfone groups is 1. The molecule has 0 aliphatic carbocycles. The highest BCUT2D eigenvalue weighted by molar-refractivity contribution is 9.10. The number of hydrogen-bond acceptors (Lipinski definition) is 3. The van der Waals surface area contributed by atoms with E-state index in [1.807, 2.05) is 24.3 Å². The minimum Gasteiger partial charge on any atom is -0.289 e. The Balaban J connectivity index is 2.10. The largest absolute Gasteiger partial charge is 0.289 e. The van der Waals surface area contributed by atoms with Crippen LogP contribution in [0.3, 0.4) is 0 Å². The van der Waals surface area contributed by atoms with Gasteiger partial charge in [0.05, 0.1) is 10.6 Å². The molecule has 5 heteroatoms. The van der Waals surface area contributed by atoms with Crippen LogP contribution in [0.15, 0.2) is 63.5 Å². The number of hydrogen-bond donors (Lipinski definition) is 0. The molecular weight excluding hydrogens is 364 g/mol. The predicted molar refractivity (Wildman–Crippen MR) is 89.6 cm³/mol. The molecule has 2 aromatic carbocycles. The second-order valence-corrected chi connectivity index (χ2v) is 8.11. The quantitative estimate of drug-likeness (QED) is 0.709. The van der Waals surface area contributed by atoms with E-state index >= 15 is 0 Å². The van der Waals surface area contributed by atoms with Crippen molar-refractivity contribution in [1.29, 1.82) is 0 Å². The summed E-state index contributed by atoms with van der Waals surface area (Å²) in [5.41, 5.74) is 1.67. The molecule has 1 heterocycles. The Labute approximate surface area is 137 Å². The van der Waals surface area contributed by atoms with Crippen LogP contribution in [0.1, 0.15) is 22.3 Å². The van der Waals surface area contributed by atoms with Gasteiger partial charge in [0.25, 0.3) is 0 Å². The zero-order chi connectivity index (χ0) is 15.7. The molecule has 0 bridgehead atoms. The van der Waals surface area contributed by atoms with Crippen molar-refractivity contribution in [2.45, 2.75) is 11.3 Å². The molecule has 112 valence electrons. The minimum absolute atomic E-state index is 0.0435. The van der Waals surface area contributed by atoms with E-state index in [1.165, 1.54) is 6.07 Å². The zero-order valence-electron chi connectivity index (χ0n) is 11.6. The van der Waals surface area contributed by atoms with E-state index in [0.29, 0.717) is 5.57 Å². The lowest BCUT2D eigenvalue weighted by molar-refractivity contribution is 0.103. The van der Waals surface area contributed by atoms with E-state index < -0.39 is 9.84 Å². The molecule has 1 aliphatic rings. The summed E-state index contributed by atoms with van der Waals surface area (Å²) in [7, 11) is -3.41. The van der Waals surface area contributed by atoms with E-state index in [1.54, 1.807) is 24.3 Å². The van der Waals surface area contributed by atoms with E-state index in [-0.39, 0.29) is 28.4 Å². The average Bonchev–Trinajstić information content (AvgIpc) is 2.60. The number of allylic oxidation sites excluding steroid dienone is 1. The number of benzene rings is 2. The van der Waals surface area contributed by atoms with Gasteiger partial charge in [-0.15, -0.1) is 0 Å². The second-order valence-electron chi connectivity index (χ2n) is 5.12. The first-order valence-corrected chi connectivity index (χ1v) is 9.24. The van der Waals surface area contributed by atoms with Gasteiger partial charge in [0.15, 0.2) is 15.6 Å². The lowest BCUT2D eigenvalue weighted by Crippen LogP contribution is -2.06. The van der Waals surface area contributed by atoms with Crippen LogP contribution in [0.4, 0.5) is 0 Å². The van der Waals surface area contributed by atoms with Crippen molar-refractivity contribution < 1.29 is 13.2 Å². The third kappa shape index (κ3) is 2.91. The molecule has 1 aliphatic heterocycles. The molecular formula is C17H13BrO3S. The molecule has 0 amide bonds. The van der Waals surface area contributed by atoms with Crippen LogP contribution in [-0.4, -0.2) is 20.0 Å². The molecule has 0 unspecified atom stereocenters. The highest BCUT2D eigenvalue weighted by atomic mass is 79.9. The Morgan fingerprint density at radius 3 is 2.41 bits per heavy atom. The second kappa shape index (κ2) is 5.82. The van der Waals surface area contributed by atoms with Crippen LogP contribution < -0.4 is 0 Å². The third-order valence-corrected chi connectivity index (χ3v) is 5.91. The Hall–Kier alpha value is -1.72. The highest BCUT2D eigenvalue weighted by Crippen LogP contribution is 2.28. The fraction of sp³-hybridized carbons (Fsp3) is 0.118. The fourth-order valence-corrected chi connectivity index (χ4v) is 4.22. The molecule has 0 fully saturated rings. The van der Waals surface area contributed by atoms with Crippen molar-refractivity contribution >= 4 is 37.6 Å². The van der Waals surface area contributed by atoms with Gasteiger partial charge in [0.1, 0.15) is 0 Å². The molecule has 0 radical (unpaired) electrons. The van der Waals surface area contributed by atoms with Gasteiger partial charge in [-0.05, 0) is 42.3 Å². The molecule has 0 saturated carbocycles. The van der Waals surface area contributed by atoms with E-state index in [4.69, 9.17) is 0 Å². The predicted octanol–water partition coefficient (Wildman–Crippen LogP) is 3.89. The standard InChI is InChI=1S/C17H13BrO3S/c18-14-7-5-12(6-8-14)11-13-9-10-22(20,21)16-4-2-1-3-15(16)17(13)19/h1-8,11H,9-10H2. The van der Waals surface area contributed by atoms with E-state index in [0.717, 1.165) is 10.0 Å². The van der Waals surface area contributed by atoms with Crippen LogP contribution >= 0.6 is 15.9 Å². The third-order valence-electron chi connectivity index (χ3n) is 3.61. The summed E-state index contributed by atoms with van der Waals surface area (Å²) >= 11 is 3.36. The van der Waals surface area contributed by atoms with Crippen LogP contribution in [0.2, 0.25) is 0 Å². The Kier molecular flexibility index (Phi) is 4.02. The maximum Gasteiger partial charge on any atom is 0.190 e. The lowest BCUT2D eigenvalue weighted by atomic mass is 9.99. The SMILES string of the molecule is O=C1C(=Cc2ccc(Br)cc2)CCS(=O)(=O)c2ccccc21. The van der Waals surface area contributed by atoms with Crippen molar-refractivity contribution in [2.75, 3.05) is 5.75 Å². The van der Waals surface area contributed by atoms with Gasteiger partial charge in [0, 0.05) is 15.6 Å². The minimum atomic E-state index is -3.41. The summed E-state index contributed by atoms with van der Waals surface area (Å²) in [5.74, 6) is -0.252. The van der Waals surface area contributed by atoms with Crippen molar-refractivity contribution in [3.05, 3.63) is 69.7 Å². The molecule has 3 nitrogen and oxygen atoms in total. The Morgan fingerprint density at radius 1 is 1.00 bits per heavy atom. The first kappa shape index (κ1) is 15.2. The molecule has 0 spiro atoms. The summed E-state index contributed by atoms with van der Waals surface area (Å²) in [6, 6.07) is 14.0. The number of halogens is 1. The number of rotatable bonds is 1. The monoisotopic (exact) mass is 376 g/mol. The topological polar surface area (TPSA) is 51.2 Å². The molecule has 2 aromatic rings. The van der Waals surface area contributed by atoms with Crippen LogP contribution in [0, 0.1) is 0 Å². The Morgan fingerprint density at radius 2 is 1.68 bits per heavy atom. The first-order chi connectivity index (χ1) is 10.5. The van der Waals surface area contributed by atoms with Crippen molar-refractivity contribution in [2.24, 2.45) is 0 Å². The van der Waals surface area contributed by atoms with Crippen molar-refractivity contribution in [1.82, 2.24) is 0 Å². The summed E-state index contributed by atoms with van der Waals surface area (Å²) in [5, 5.41) is 0. The van der Waals surface area contributed by atoms with Crippen molar-refractivity contribution in [3.63, 3.8) is 0 Å². The van der Waals surface area contributed by atoms with Gasteiger partial charge in [-0.25, -0.2) is 8.42 Å². The molecule has 0 atom stereocenters. The van der Waals surface area contributed by atoms with Gasteiger partial charge in [-0.1, -0.05) is 40.2 Å². The zero-order valence-corrected chi connectivity index (χ0v) is 14.0. The number of ketones is 1.